The van der Waals surface area contributed by atoms with Crippen LogP contribution in [0.2, 0.25) is 0 Å². The molecule has 0 aromatic rings. The third-order valence-corrected chi connectivity index (χ3v) is 4.39. The molecular formula is C15H28N2O. The molecule has 3 nitrogen and oxygen atoms in total. The summed E-state index contributed by atoms with van der Waals surface area (Å²) in [7, 11) is 1.79. The summed E-state index contributed by atoms with van der Waals surface area (Å²) >= 11 is 0. The van der Waals surface area contributed by atoms with Gasteiger partial charge < -0.3 is 10.1 Å². The summed E-state index contributed by atoms with van der Waals surface area (Å²) in [4.78, 5) is 2.63. The van der Waals surface area contributed by atoms with Gasteiger partial charge in [0.25, 0.3) is 0 Å². The second-order valence-corrected chi connectivity index (χ2v) is 5.96. The van der Waals surface area contributed by atoms with Crippen LogP contribution in [0.25, 0.3) is 0 Å². The molecule has 0 aromatic heterocycles. The van der Waals surface area contributed by atoms with E-state index in [0.717, 1.165) is 13.2 Å². The van der Waals surface area contributed by atoms with E-state index in [-0.39, 0.29) is 0 Å². The maximum atomic E-state index is 5.21. The van der Waals surface area contributed by atoms with Crippen LogP contribution in [0.4, 0.5) is 0 Å². The summed E-state index contributed by atoms with van der Waals surface area (Å²) in [5.41, 5.74) is 2.02. The van der Waals surface area contributed by atoms with E-state index in [1.165, 1.54) is 57.4 Å². The van der Waals surface area contributed by atoms with Gasteiger partial charge in [-0.15, -0.1) is 0 Å². The molecule has 3 heteroatoms. The molecule has 1 unspecified atom stereocenters. The van der Waals surface area contributed by atoms with E-state index in [9.17, 15) is 0 Å². The molecule has 104 valence electrons. The molecule has 1 fully saturated rings. The van der Waals surface area contributed by atoms with Crippen LogP contribution in [0.5, 0.6) is 0 Å². The Kier molecular flexibility index (Phi) is 5.22. The SMILES string of the molecule is CCCC1(CN2CC=C(COC)CC2)CCNC1. The second kappa shape index (κ2) is 6.69. The molecule has 0 aromatic carbocycles. The summed E-state index contributed by atoms with van der Waals surface area (Å²) in [6, 6.07) is 0. The number of hydrogen-bond donors (Lipinski definition) is 1. The minimum Gasteiger partial charge on any atom is -0.380 e. The van der Waals surface area contributed by atoms with Crippen LogP contribution in [0.3, 0.4) is 0 Å². The van der Waals surface area contributed by atoms with Crippen molar-refractivity contribution in [1.29, 1.82) is 0 Å². The fourth-order valence-corrected chi connectivity index (χ4v) is 3.44. The van der Waals surface area contributed by atoms with Crippen molar-refractivity contribution >= 4 is 0 Å². The predicted octanol–water partition coefficient (Wildman–Crippen LogP) is 2.04. The topological polar surface area (TPSA) is 24.5 Å². The number of rotatable bonds is 6. The Balaban J connectivity index is 1.86. The molecule has 1 atom stereocenters. The third-order valence-electron chi connectivity index (χ3n) is 4.39. The average Bonchev–Trinajstić information content (AvgIpc) is 2.81. The highest BCUT2D eigenvalue weighted by Gasteiger charge is 2.34. The Morgan fingerprint density at radius 2 is 2.39 bits per heavy atom. The fraction of sp³-hybridized carbons (Fsp3) is 0.867. The monoisotopic (exact) mass is 252 g/mol. The Bertz CT molecular complexity index is 282. The molecule has 0 aliphatic carbocycles. The van der Waals surface area contributed by atoms with Crippen molar-refractivity contribution in [3.63, 3.8) is 0 Å². The van der Waals surface area contributed by atoms with E-state index >= 15 is 0 Å². The molecule has 18 heavy (non-hydrogen) atoms. The van der Waals surface area contributed by atoms with Gasteiger partial charge in [0.1, 0.15) is 0 Å². The lowest BCUT2D eigenvalue weighted by Crippen LogP contribution is -2.41. The molecule has 1 N–H and O–H groups in total. The molecule has 0 radical (unpaired) electrons. The van der Waals surface area contributed by atoms with Crippen LogP contribution in [-0.4, -0.2) is 51.3 Å². The van der Waals surface area contributed by atoms with Gasteiger partial charge in [-0.2, -0.15) is 0 Å². The smallest absolute Gasteiger partial charge is 0.0673 e. The summed E-state index contributed by atoms with van der Waals surface area (Å²) in [6.07, 6.45) is 7.58. The number of nitrogens with one attached hydrogen (secondary N) is 1. The van der Waals surface area contributed by atoms with Crippen LogP contribution >= 0.6 is 0 Å². The van der Waals surface area contributed by atoms with E-state index < -0.39 is 0 Å². The van der Waals surface area contributed by atoms with Gasteiger partial charge in [0.05, 0.1) is 6.61 Å². The van der Waals surface area contributed by atoms with Gasteiger partial charge in [-0.05, 0) is 36.8 Å². The zero-order valence-corrected chi connectivity index (χ0v) is 12.0. The zero-order chi connectivity index (χ0) is 12.8. The summed E-state index contributed by atoms with van der Waals surface area (Å²) < 4.78 is 5.21. The molecule has 2 rings (SSSR count). The van der Waals surface area contributed by atoms with Gasteiger partial charge >= 0.3 is 0 Å². The highest BCUT2D eigenvalue weighted by Crippen LogP contribution is 2.32. The summed E-state index contributed by atoms with van der Waals surface area (Å²) in [5, 5.41) is 3.55. The molecule has 0 amide bonds. The lowest BCUT2D eigenvalue weighted by molar-refractivity contribution is 0.154. The normalized spacial score (nSPS) is 29.6. The van der Waals surface area contributed by atoms with Crippen LogP contribution in [0.15, 0.2) is 11.6 Å². The molecule has 1 saturated heterocycles. The predicted molar refractivity (Wildman–Crippen MR) is 75.8 cm³/mol. The van der Waals surface area contributed by atoms with E-state index in [0.29, 0.717) is 5.41 Å². The second-order valence-electron chi connectivity index (χ2n) is 5.96. The van der Waals surface area contributed by atoms with Crippen LogP contribution in [-0.2, 0) is 4.74 Å². The summed E-state index contributed by atoms with van der Waals surface area (Å²) in [6.45, 7) is 9.14. The maximum Gasteiger partial charge on any atom is 0.0673 e. The zero-order valence-electron chi connectivity index (χ0n) is 12.0. The Morgan fingerprint density at radius 1 is 1.50 bits per heavy atom. The van der Waals surface area contributed by atoms with Crippen LogP contribution < -0.4 is 5.32 Å². The van der Waals surface area contributed by atoms with Gasteiger partial charge in [-0.1, -0.05) is 19.4 Å². The maximum absolute atomic E-state index is 5.21. The minimum absolute atomic E-state index is 0.543. The number of methoxy groups -OCH3 is 1. The molecule has 0 bridgehead atoms. The van der Waals surface area contributed by atoms with Gasteiger partial charge in [0.2, 0.25) is 0 Å². The largest absolute Gasteiger partial charge is 0.380 e. The van der Waals surface area contributed by atoms with Crippen molar-refractivity contribution in [3.05, 3.63) is 11.6 Å². The number of hydrogen-bond acceptors (Lipinski definition) is 3. The summed E-state index contributed by atoms with van der Waals surface area (Å²) in [5.74, 6) is 0. The highest BCUT2D eigenvalue weighted by atomic mass is 16.5. The molecule has 2 aliphatic rings. The minimum atomic E-state index is 0.543. The highest BCUT2D eigenvalue weighted by molar-refractivity contribution is 5.08. The first-order valence-electron chi connectivity index (χ1n) is 7.38. The van der Waals surface area contributed by atoms with Crippen molar-refractivity contribution < 1.29 is 4.74 Å². The molecule has 2 heterocycles. The van der Waals surface area contributed by atoms with Crippen LogP contribution in [0.1, 0.15) is 32.6 Å². The van der Waals surface area contributed by atoms with Gasteiger partial charge in [-0.25, -0.2) is 0 Å². The van der Waals surface area contributed by atoms with Gasteiger partial charge in [0.15, 0.2) is 0 Å². The molecule has 0 spiro atoms. The lowest BCUT2D eigenvalue weighted by Gasteiger charge is -2.36. The van der Waals surface area contributed by atoms with Crippen molar-refractivity contribution in [2.75, 3.05) is 46.4 Å². The quantitative estimate of drug-likeness (QED) is 0.732. The van der Waals surface area contributed by atoms with Crippen molar-refractivity contribution in [3.8, 4) is 0 Å². The van der Waals surface area contributed by atoms with E-state index in [4.69, 9.17) is 4.74 Å². The molecular weight excluding hydrogens is 224 g/mol. The van der Waals surface area contributed by atoms with E-state index in [2.05, 4.69) is 23.2 Å². The standard InChI is InChI=1S/C15H28N2O/c1-3-6-15(7-8-16-12-15)13-17-9-4-14(5-10-17)11-18-2/h4,16H,3,5-13H2,1-2H3. The van der Waals surface area contributed by atoms with Crippen LogP contribution in [0, 0.1) is 5.41 Å². The first kappa shape index (κ1) is 14.0. The van der Waals surface area contributed by atoms with Crippen molar-refractivity contribution in [2.45, 2.75) is 32.6 Å². The number of nitrogens with zero attached hydrogens (tertiary/aromatic N) is 1. The average molecular weight is 252 g/mol. The van der Waals surface area contributed by atoms with Crippen molar-refractivity contribution in [1.82, 2.24) is 10.2 Å². The lowest BCUT2D eigenvalue weighted by atomic mass is 9.81. The van der Waals surface area contributed by atoms with E-state index in [1.54, 1.807) is 7.11 Å². The fourth-order valence-electron chi connectivity index (χ4n) is 3.44. The Morgan fingerprint density at radius 3 is 2.94 bits per heavy atom. The van der Waals surface area contributed by atoms with Crippen molar-refractivity contribution in [2.24, 2.45) is 5.41 Å². The molecule has 2 aliphatic heterocycles. The van der Waals surface area contributed by atoms with Gasteiger partial charge in [-0.3, -0.25) is 4.90 Å². The molecule has 0 saturated carbocycles. The first-order valence-corrected chi connectivity index (χ1v) is 7.38. The Labute approximate surface area is 112 Å². The first-order chi connectivity index (χ1) is 8.78. The third kappa shape index (κ3) is 3.56. The number of ether oxygens (including phenoxy) is 1. The Hall–Kier alpha value is -0.380. The van der Waals surface area contributed by atoms with E-state index in [1.807, 2.05) is 0 Å². The van der Waals surface area contributed by atoms with Gasteiger partial charge in [0, 0.05) is 33.3 Å².